The number of amides is 2. The van der Waals surface area contributed by atoms with Crippen molar-refractivity contribution in [1.29, 1.82) is 0 Å². The van der Waals surface area contributed by atoms with Crippen molar-refractivity contribution in [1.82, 2.24) is 4.90 Å². The molecule has 0 spiro atoms. The Labute approximate surface area is 186 Å². The molecule has 1 saturated carbocycles. The molecule has 2 unspecified atom stereocenters. The van der Waals surface area contributed by atoms with Crippen LogP contribution in [0.2, 0.25) is 0 Å². The highest BCUT2D eigenvalue weighted by Crippen LogP contribution is 2.25. The lowest BCUT2D eigenvalue weighted by Gasteiger charge is -2.25. The topological polar surface area (TPSA) is 87.5 Å². The van der Waals surface area contributed by atoms with Gasteiger partial charge in [-0.3, -0.25) is 14.5 Å². The van der Waals surface area contributed by atoms with Gasteiger partial charge < -0.3 is 16.4 Å². The molecule has 3 rings (SSSR count). The third-order valence-electron chi connectivity index (χ3n) is 5.59. The zero-order valence-electron chi connectivity index (χ0n) is 16.9. The molecule has 1 aromatic carbocycles. The average Bonchev–Trinajstić information content (AvgIpc) is 2.92. The van der Waals surface area contributed by atoms with E-state index < -0.39 is 0 Å². The summed E-state index contributed by atoms with van der Waals surface area (Å²) in [4.78, 5) is 26.9. The fraction of sp³-hybridized carbons (Fsp3) is 0.619. The van der Waals surface area contributed by atoms with Crippen LogP contribution in [0.5, 0.6) is 0 Å². The van der Waals surface area contributed by atoms with Crippen LogP contribution in [0.15, 0.2) is 24.3 Å². The molecule has 29 heavy (non-hydrogen) atoms. The molecule has 0 bridgehead atoms. The Hall–Kier alpha value is -1.34. The second-order valence-corrected chi connectivity index (χ2v) is 7.93. The number of halogens is 2. The van der Waals surface area contributed by atoms with Crippen molar-refractivity contribution >= 4 is 48.0 Å². The second kappa shape index (κ2) is 13.1. The van der Waals surface area contributed by atoms with E-state index in [-0.39, 0.29) is 48.6 Å². The largest absolute Gasteiger partial charge is 0.328 e. The van der Waals surface area contributed by atoms with Crippen molar-refractivity contribution in [3.63, 3.8) is 0 Å². The molecule has 2 aliphatic rings. The second-order valence-electron chi connectivity index (χ2n) is 7.93. The highest BCUT2D eigenvalue weighted by molar-refractivity contribution is 5.94. The number of nitrogens with one attached hydrogen (secondary N) is 2. The maximum atomic E-state index is 12.4. The number of carbonyl (C=O) groups excluding carboxylic acids is 2. The van der Waals surface area contributed by atoms with Gasteiger partial charge in [0.05, 0.1) is 6.54 Å². The smallest absolute Gasteiger partial charge is 0.238 e. The van der Waals surface area contributed by atoms with E-state index in [0.29, 0.717) is 6.54 Å². The Morgan fingerprint density at radius 1 is 0.897 bits per heavy atom. The van der Waals surface area contributed by atoms with Crippen LogP contribution in [-0.2, 0) is 9.59 Å². The van der Waals surface area contributed by atoms with Crippen LogP contribution in [0.1, 0.15) is 51.4 Å². The van der Waals surface area contributed by atoms with E-state index in [1.54, 1.807) is 0 Å². The Morgan fingerprint density at radius 3 is 2.07 bits per heavy atom. The third-order valence-corrected chi connectivity index (χ3v) is 5.59. The van der Waals surface area contributed by atoms with Gasteiger partial charge in [-0.25, -0.2) is 0 Å². The van der Waals surface area contributed by atoms with Crippen LogP contribution >= 0.6 is 24.8 Å². The minimum absolute atomic E-state index is 0. The van der Waals surface area contributed by atoms with E-state index in [0.717, 1.165) is 50.1 Å². The summed E-state index contributed by atoms with van der Waals surface area (Å²) in [5.74, 6) is 0.0646. The monoisotopic (exact) mass is 444 g/mol. The van der Waals surface area contributed by atoms with Gasteiger partial charge in [0.2, 0.25) is 11.8 Å². The Kier molecular flexibility index (Phi) is 11.6. The van der Waals surface area contributed by atoms with Gasteiger partial charge in [-0.05, 0) is 69.5 Å². The minimum atomic E-state index is 0. The van der Waals surface area contributed by atoms with Crippen molar-refractivity contribution in [2.24, 2.45) is 11.7 Å². The number of anilines is 2. The predicted octanol–water partition coefficient (Wildman–Crippen LogP) is 3.80. The van der Waals surface area contributed by atoms with Gasteiger partial charge in [-0.2, -0.15) is 0 Å². The van der Waals surface area contributed by atoms with Gasteiger partial charge in [0.25, 0.3) is 0 Å². The van der Waals surface area contributed by atoms with Gasteiger partial charge in [0.15, 0.2) is 0 Å². The van der Waals surface area contributed by atoms with E-state index in [1.165, 1.54) is 25.7 Å². The summed E-state index contributed by atoms with van der Waals surface area (Å²) in [7, 11) is 0. The fourth-order valence-electron chi connectivity index (χ4n) is 4.04. The fourth-order valence-corrected chi connectivity index (χ4v) is 4.04. The van der Waals surface area contributed by atoms with Gasteiger partial charge in [-0.1, -0.05) is 19.3 Å². The molecule has 1 aromatic rings. The van der Waals surface area contributed by atoms with Gasteiger partial charge in [0.1, 0.15) is 0 Å². The standard InChI is InChI=1S/C21H32N4O2.2ClH/c22-17-7-5-6-16(14-17)21(27)24-19-10-8-18(9-11-19)23-20(26)15-25-12-3-1-2-4-13-25;;/h8-11,16-17H,1-7,12-15,22H2,(H,23,26)(H,24,27);2*1H. The van der Waals surface area contributed by atoms with E-state index in [1.807, 2.05) is 24.3 Å². The summed E-state index contributed by atoms with van der Waals surface area (Å²) in [5.41, 5.74) is 7.49. The Bertz CT molecular complexity index is 634. The molecule has 2 atom stereocenters. The quantitative estimate of drug-likeness (QED) is 0.644. The molecular weight excluding hydrogens is 411 g/mol. The van der Waals surface area contributed by atoms with Crippen molar-refractivity contribution in [2.45, 2.75) is 57.4 Å². The number of likely N-dealkylation sites (tertiary alicyclic amines) is 1. The van der Waals surface area contributed by atoms with E-state index in [9.17, 15) is 9.59 Å². The number of rotatable bonds is 5. The number of carbonyl (C=O) groups is 2. The maximum absolute atomic E-state index is 12.4. The molecule has 6 nitrogen and oxygen atoms in total. The summed E-state index contributed by atoms with van der Waals surface area (Å²) in [6, 6.07) is 7.48. The molecule has 1 heterocycles. The molecule has 0 radical (unpaired) electrons. The van der Waals surface area contributed by atoms with Gasteiger partial charge >= 0.3 is 0 Å². The number of benzene rings is 1. The zero-order valence-corrected chi connectivity index (χ0v) is 18.5. The lowest BCUT2D eigenvalue weighted by molar-refractivity contribution is -0.121. The van der Waals surface area contributed by atoms with Crippen LogP contribution < -0.4 is 16.4 Å². The van der Waals surface area contributed by atoms with Crippen LogP contribution in [0.4, 0.5) is 11.4 Å². The molecule has 2 amide bonds. The van der Waals surface area contributed by atoms with E-state index >= 15 is 0 Å². The van der Waals surface area contributed by atoms with Gasteiger partial charge in [0, 0.05) is 23.3 Å². The van der Waals surface area contributed by atoms with E-state index in [2.05, 4.69) is 15.5 Å². The Morgan fingerprint density at radius 2 is 1.48 bits per heavy atom. The summed E-state index contributed by atoms with van der Waals surface area (Å²) in [6.45, 7) is 2.45. The highest BCUT2D eigenvalue weighted by Gasteiger charge is 2.25. The Balaban J connectivity index is 0.00000210. The van der Waals surface area contributed by atoms with Crippen molar-refractivity contribution in [3.8, 4) is 0 Å². The number of nitrogens with two attached hydrogens (primary N) is 1. The maximum Gasteiger partial charge on any atom is 0.238 e. The summed E-state index contributed by atoms with van der Waals surface area (Å²) >= 11 is 0. The third kappa shape index (κ3) is 8.51. The minimum Gasteiger partial charge on any atom is -0.328 e. The zero-order chi connectivity index (χ0) is 19.1. The molecule has 1 saturated heterocycles. The molecular formula is C21H34Cl2N4O2. The number of nitrogens with zero attached hydrogens (tertiary/aromatic N) is 1. The van der Waals surface area contributed by atoms with Crippen molar-refractivity contribution in [3.05, 3.63) is 24.3 Å². The molecule has 8 heteroatoms. The molecule has 164 valence electrons. The lowest BCUT2D eigenvalue weighted by Crippen LogP contribution is -2.34. The van der Waals surface area contributed by atoms with Crippen LogP contribution in [0, 0.1) is 5.92 Å². The molecule has 4 N–H and O–H groups in total. The first-order valence-electron chi connectivity index (χ1n) is 10.3. The molecule has 1 aliphatic heterocycles. The van der Waals surface area contributed by atoms with Crippen molar-refractivity contribution < 1.29 is 9.59 Å². The SMILES string of the molecule is Cl.Cl.NC1CCCC(C(=O)Nc2ccc(NC(=O)CN3CCCCCC3)cc2)C1. The summed E-state index contributed by atoms with van der Waals surface area (Å²) < 4.78 is 0. The molecule has 1 aliphatic carbocycles. The lowest BCUT2D eigenvalue weighted by atomic mass is 9.85. The number of hydrogen-bond acceptors (Lipinski definition) is 4. The number of hydrogen-bond donors (Lipinski definition) is 3. The molecule has 2 fully saturated rings. The average molecular weight is 445 g/mol. The summed E-state index contributed by atoms with van der Waals surface area (Å²) in [6.07, 6.45) is 8.56. The normalized spacial score (nSPS) is 22.4. The van der Waals surface area contributed by atoms with Gasteiger partial charge in [-0.15, -0.1) is 24.8 Å². The predicted molar refractivity (Wildman–Crippen MR) is 123 cm³/mol. The first kappa shape index (κ1) is 25.7. The summed E-state index contributed by atoms with van der Waals surface area (Å²) in [5, 5.41) is 5.92. The van der Waals surface area contributed by atoms with E-state index in [4.69, 9.17) is 5.73 Å². The van der Waals surface area contributed by atoms with Crippen LogP contribution in [0.25, 0.3) is 0 Å². The van der Waals surface area contributed by atoms with Crippen LogP contribution in [-0.4, -0.2) is 42.4 Å². The molecule has 0 aromatic heterocycles. The first-order chi connectivity index (χ1) is 13.1. The van der Waals surface area contributed by atoms with Crippen LogP contribution in [0.3, 0.4) is 0 Å². The highest BCUT2D eigenvalue weighted by atomic mass is 35.5. The van der Waals surface area contributed by atoms with Crippen molar-refractivity contribution in [2.75, 3.05) is 30.3 Å². The first-order valence-corrected chi connectivity index (χ1v) is 10.3.